The number of hydrogen-bond acceptors (Lipinski definition) is 8. The van der Waals surface area contributed by atoms with Crippen molar-refractivity contribution in [3.8, 4) is 0 Å². The lowest BCUT2D eigenvalue weighted by molar-refractivity contribution is -0.193. The molecule has 20 heteroatoms. The predicted octanol–water partition coefficient (Wildman–Crippen LogP) is 3.29. The Morgan fingerprint density at radius 3 is 1.86 bits per heavy atom. The molecule has 2 unspecified atom stereocenters. The Hall–Kier alpha value is -3.23. The van der Waals surface area contributed by atoms with Gasteiger partial charge in [0.05, 0.1) is 19.3 Å². The first kappa shape index (κ1) is 39.8. The third kappa shape index (κ3) is 17.5. The second-order valence-corrected chi connectivity index (χ2v) is 9.26. The second kappa shape index (κ2) is 17.2. The molecule has 0 saturated carbocycles. The summed E-state index contributed by atoms with van der Waals surface area (Å²) in [6.45, 7) is 5.32. The molecular formula is C23H30F9N3O8. The Balaban J connectivity index is 0.000000690. The summed E-state index contributed by atoms with van der Waals surface area (Å²) in [5.41, 5.74) is 1.13. The summed E-state index contributed by atoms with van der Waals surface area (Å²) < 4.78 is 107. The molecule has 0 aromatic carbocycles. The highest BCUT2D eigenvalue weighted by Crippen LogP contribution is 2.33. The van der Waals surface area contributed by atoms with Crippen molar-refractivity contribution in [2.75, 3.05) is 46.9 Å². The van der Waals surface area contributed by atoms with Crippen LogP contribution in [0.2, 0.25) is 0 Å². The van der Waals surface area contributed by atoms with Gasteiger partial charge in [-0.25, -0.2) is 14.4 Å². The normalized spacial score (nSPS) is 20.9. The van der Waals surface area contributed by atoms with Crippen molar-refractivity contribution in [2.24, 2.45) is 0 Å². The molecule has 1 aromatic heterocycles. The first-order chi connectivity index (χ1) is 19.5. The highest BCUT2D eigenvalue weighted by molar-refractivity contribution is 5.73. The quantitative estimate of drug-likeness (QED) is 0.414. The van der Waals surface area contributed by atoms with Gasteiger partial charge in [-0.1, -0.05) is 6.07 Å². The van der Waals surface area contributed by atoms with Crippen LogP contribution in [0, 0.1) is 0 Å². The van der Waals surface area contributed by atoms with Gasteiger partial charge in [-0.3, -0.25) is 9.88 Å². The molecule has 2 aliphatic heterocycles. The smallest absolute Gasteiger partial charge is 0.475 e. The fraction of sp³-hybridized carbons (Fsp3) is 0.652. The van der Waals surface area contributed by atoms with Crippen LogP contribution in [0.1, 0.15) is 18.4 Å². The number of likely N-dealkylation sites (N-methyl/N-ethyl adjacent to an activating group) is 1. The number of aromatic nitrogens is 1. The maximum absolute atomic E-state index is 10.6. The van der Waals surface area contributed by atoms with Crippen LogP contribution in [0.15, 0.2) is 24.5 Å². The van der Waals surface area contributed by atoms with E-state index in [9.17, 15) is 39.5 Å². The molecule has 11 nitrogen and oxygen atoms in total. The van der Waals surface area contributed by atoms with Crippen molar-refractivity contribution in [2.45, 2.75) is 49.6 Å². The minimum atomic E-state index is -5.08. The Labute approximate surface area is 238 Å². The second-order valence-electron chi connectivity index (χ2n) is 9.26. The van der Waals surface area contributed by atoms with Crippen LogP contribution in [0.25, 0.3) is 0 Å². The molecule has 2 fully saturated rings. The zero-order valence-electron chi connectivity index (χ0n) is 22.7. The van der Waals surface area contributed by atoms with Gasteiger partial charge in [-0.05, 0) is 38.6 Å². The van der Waals surface area contributed by atoms with Crippen LogP contribution >= 0.6 is 0 Å². The molecule has 0 radical (unpaired) electrons. The van der Waals surface area contributed by atoms with Gasteiger partial charge in [-0.2, -0.15) is 39.5 Å². The Bertz CT molecular complexity index is 951. The molecule has 3 rings (SSSR count). The molecule has 2 aliphatic rings. The lowest BCUT2D eigenvalue weighted by Gasteiger charge is -2.32. The zero-order valence-corrected chi connectivity index (χ0v) is 22.7. The average molecular weight is 647 g/mol. The number of aliphatic carboxylic acids is 3. The minimum absolute atomic E-state index is 0.126. The Kier molecular flexibility index (Phi) is 15.9. The number of carboxylic acid groups (broad SMARTS) is 3. The topological polar surface area (TPSA) is 150 Å². The van der Waals surface area contributed by atoms with Crippen LogP contribution in [-0.2, 0) is 30.4 Å². The first-order valence-electron chi connectivity index (χ1n) is 11.9. The van der Waals surface area contributed by atoms with E-state index in [2.05, 4.69) is 34.9 Å². The molecule has 248 valence electrons. The van der Waals surface area contributed by atoms with E-state index >= 15 is 0 Å². The number of ether oxygens (including phenoxy) is 2. The number of carbonyl (C=O) groups is 3. The lowest BCUT2D eigenvalue weighted by atomic mass is 10.00. The summed E-state index contributed by atoms with van der Waals surface area (Å²) in [6, 6.07) is 4.13. The highest BCUT2D eigenvalue weighted by Gasteiger charge is 2.43. The summed E-state index contributed by atoms with van der Waals surface area (Å²) in [5.74, 6) is -8.27. The molecule has 3 N–H and O–H groups in total. The molecule has 2 atom stereocenters. The van der Waals surface area contributed by atoms with E-state index in [1.54, 1.807) is 0 Å². The van der Waals surface area contributed by atoms with Gasteiger partial charge >= 0.3 is 36.4 Å². The standard InChI is InChI=1S/C17H27N3O2.3C2HF3O2/c1-19(2)12-16-5-6-17(22-16)13-20(8-9-21-14-17)11-15-4-3-7-18-10-15;3*3-2(4,5)1(6)7/h3-4,7,10,16H,5-6,8-9,11-14H2,1-2H3;3*(H,6,7). The predicted molar refractivity (Wildman–Crippen MR) is 127 cm³/mol. The van der Waals surface area contributed by atoms with E-state index < -0.39 is 36.4 Å². The number of nitrogens with zero attached hydrogens (tertiary/aromatic N) is 3. The van der Waals surface area contributed by atoms with Gasteiger partial charge in [-0.15, -0.1) is 0 Å². The summed E-state index contributed by atoms with van der Waals surface area (Å²) >= 11 is 0. The molecule has 1 aromatic rings. The molecule has 1 spiro atoms. The molecular weight excluding hydrogens is 617 g/mol. The van der Waals surface area contributed by atoms with Gasteiger partial charge in [0.25, 0.3) is 0 Å². The van der Waals surface area contributed by atoms with Crippen molar-refractivity contribution >= 4 is 17.9 Å². The van der Waals surface area contributed by atoms with Crippen LogP contribution < -0.4 is 0 Å². The van der Waals surface area contributed by atoms with Crippen LogP contribution in [-0.4, -0.2) is 125 Å². The van der Waals surface area contributed by atoms with Gasteiger partial charge < -0.3 is 29.7 Å². The van der Waals surface area contributed by atoms with Gasteiger partial charge in [0, 0.05) is 38.6 Å². The van der Waals surface area contributed by atoms with Crippen molar-refractivity contribution in [1.82, 2.24) is 14.8 Å². The number of rotatable bonds is 4. The van der Waals surface area contributed by atoms with Gasteiger partial charge in [0.15, 0.2) is 0 Å². The summed E-state index contributed by atoms with van der Waals surface area (Å²) in [5, 5.41) is 21.4. The van der Waals surface area contributed by atoms with Gasteiger partial charge in [0.1, 0.15) is 5.60 Å². The van der Waals surface area contributed by atoms with Crippen molar-refractivity contribution < 1.29 is 78.7 Å². The van der Waals surface area contributed by atoms with Crippen LogP contribution in [0.3, 0.4) is 0 Å². The monoisotopic (exact) mass is 647 g/mol. The van der Waals surface area contributed by atoms with E-state index in [0.29, 0.717) is 6.10 Å². The lowest BCUT2D eigenvalue weighted by Crippen LogP contribution is -2.45. The van der Waals surface area contributed by atoms with E-state index in [0.717, 1.165) is 52.2 Å². The molecule has 0 aliphatic carbocycles. The van der Waals surface area contributed by atoms with E-state index in [1.807, 2.05) is 18.5 Å². The van der Waals surface area contributed by atoms with Crippen molar-refractivity contribution in [3.05, 3.63) is 30.1 Å². The van der Waals surface area contributed by atoms with Crippen molar-refractivity contribution in [1.29, 1.82) is 0 Å². The fourth-order valence-corrected chi connectivity index (χ4v) is 3.52. The number of carboxylic acids is 3. The maximum atomic E-state index is 10.6. The first-order valence-corrected chi connectivity index (χ1v) is 11.9. The molecule has 0 amide bonds. The Morgan fingerprint density at radius 2 is 1.47 bits per heavy atom. The van der Waals surface area contributed by atoms with Gasteiger partial charge in [0.2, 0.25) is 0 Å². The molecule has 0 bridgehead atoms. The van der Waals surface area contributed by atoms with Crippen LogP contribution in [0.5, 0.6) is 0 Å². The molecule has 43 heavy (non-hydrogen) atoms. The average Bonchev–Trinajstić information content (AvgIpc) is 3.11. The zero-order chi connectivity index (χ0) is 33.6. The van der Waals surface area contributed by atoms with Crippen molar-refractivity contribution in [3.63, 3.8) is 0 Å². The Morgan fingerprint density at radius 1 is 0.977 bits per heavy atom. The largest absolute Gasteiger partial charge is 0.490 e. The number of pyridine rings is 1. The highest BCUT2D eigenvalue weighted by atomic mass is 19.4. The summed E-state index contributed by atoms with van der Waals surface area (Å²) in [6.07, 6.45) is -8.93. The molecule has 2 saturated heterocycles. The molecule has 3 heterocycles. The SMILES string of the molecule is CN(C)CC1CCC2(COCCN(Cc3cccnc3)C2)O1.O=C(O)C(F)(F)F.O=C(O)C(F)(F)F.O=C(O)C(F)(F)F. The third-order valence-corrected chi connectivity index (χ3v) is 5.19. The number of hydrogen-bond donors (Lipinski definition) is 3. The summed E-state index contributed by atoms with van der Waals surface area (Å²) in [4.78, 5) is 35.5. The van der Waals surface area contributed by atoms with E-state index in [1.165, 1.54) is 5.56 Å². The van der Waals surface area contributed by atoms with E-state index in [-0.39, 0.29) is 5.60 Å². The van der Waals surface area contributed by atoms with E-state index in [4.69, 9.17) is 39.2 Å². The third-order valence-electron chi connectivity index (χ3n) is 5.19. The maximum Gasteiger partial charge on any atom is 0.490 e. The number of alkyl halides is 9. The minimum Gasteiger partial charge on any atom is -0.475 e. The van der Waals surface area contributed by atoms with Crippen LogP contribution in [0.4, 0.5) is 39.5 Å². The fourth-order valence-electron chi connectivity index (χ4n) is 3.52. The number of halogens is 9. The summed E-state index contributed by atoms with van der Waals surface area (Å²) in [7, 11) is 4.21.